The van der Waals surface area contributed by atoms with Crippen LogP contribution in [0.5, 0.6) is 0 Å². The van der Waals surface area contributed by atoms with Gasteiger partial charge in [0.05, 0.1) is 5.56 Å². The molecule has 0 saturated carbocycles. The Bertz CT molecular complexity index is 352. The first-order chi connectivity index (χ1) is 8.05. The van der Waals surface area contributed by atoms with E-state index >= 15 is 0 Å². The van der Waals surface area contributed by atoms with Crippen molar-refractivity contribution in [3.63, 3.8) is 0 Å². The SMILES string of the molecule is CCCNC(C)(C)COC(=O)c1ccccc1.Cl. The molecule has 3 nitrogen and oxygen atoms in total. The zero-order chi connectivity index (χ0) is 12.7. The van der Waals surface area contributed by atoms with Crippen LogP contribution in [0.1, 0.15) is 37.6 Å². The van der Waals surface area contributed by atoms with Gasteiger partial charge < -0.3 is 10.1 Å². The van der Waals surface area contributed by atoms with Crippen molar-refractivity contribution in [1.82, 2.24) is 5.32 Å². The molecule has 0 saturated heterocycles. The fourth-order valence-corrected chi connectivity index (χ4v) is 1.42. The van der Waals surface area contributed by atoms with E-state index in [0.717, 1.165) is 13.0 Å². The summed E-state index contributed by atoms with van der Waals surface area (Å²) in [6.45, 7) is 7.47. The van der Waals surface area contributed by atoms with E-state index < -0.39 is 0 Å². The molecule has 18 heavy (non-hydrogen) atoms. The third-order valence-corrected chi connectivity index (χ3v) is 2.43. The van der Waals surface area contributed by atoms with Crippen LogP contribution >= 0.6 is 12.4 Å². The van der Waals surface area contributed by atoms with Gasteiger partial charge in [0.15, 0.2) is 0 Å². The predicted molar refractivity (Wildman–Crippen MR) is 76.3 cm³/mol. The number of esters is 1. The lowest BCUT2D eigenvalue weighted by Gasteiger charge is -2.25. The van der Waals surface area contributed by atoms with Crippen molar-refractivity contribution in [3.8, 4) is 0 Å². The highest BCUT2D eigenvalue weighted by atomic mass is 35.5. The number of carbonyl (C=O) groups is 1. The summed E-state index contributed by atoms with van der Waals surface area (Å²) in [5.41, 5.74) is 0.416. The van der Waals surface area contributed by atoms with Crippen molar-refractivity contribution in [3.05, 3.63) is 35.9 Å². The minimum absolute atomic E-state index is 0. The molecule has 4 heteroatoms. The quantitative estimate of drug-likeness (QED) is 0.808. The molecule has 1 N–H and O–H groups in total. The molecular weight excluding hydrogens is 250 g/mol. The van der Waals surface area contributed by atoms with Gasteiger partial charge in [-0.05, 0) is 38.9 Å². The van der Waals surface area contributed by atoms with E-state index in [9.17, 15) is 4.79 Å². The van der Waals surface area contributed by atoms with Gasteiger partial charge in [-0.3, -0.25) is 0 Å². The maximum absolute atomic E-state index is 11.7. The lowest BCUT2D eigenvalue weighted by Crippen LogP contribution is -2.44. The molecule has 0 bridgehead atoms. The molecule has 0 heterocycles. The normalized spacial score (nSPS) is 10.6. The number of benzene rings is 1. The van der Waals surface area contributed by atoms with Crippen LogP contribution in [0.25, 0.3) is 0 Å². The fraction of sp³-hybridized carbons (Fsp3) is 0.500. The average Bonchev–Trinajstić information content (AvgIpc) is 2.35. The molecule has 0 fully saturated rings. The lowest BCUT2D eigenvalue weighted by atomic mass is 10.1. The standard InChI is InChI=1S/C14H21NO2.ClH/c1-4-10-15-14(2,3)11-17-13(16)12-8-6-5-7-9-12;/h5-9,15H,4,10-11H2,1-3H3;1H. The molecule has 0 atom stereocenters. The number of ether oxygens (including phenoxy) is 1. The molecule has 0 amide bonds. The van der Waals surface area contributed by atoms with Gasteiger partial charge in [-0.2, -0.15) is 0 Å². The zero-order valence-corrected chi connectivity index (χ0v) is 12.0. The number of nitrogens with one attached hydrogen (secondary N) is 1. The number of hydrogen-bond donors (Lipinski definition) is 1. The summed E-state index contributed by atoms with van der Waals surface area (Å²) in [7, 11) is 0. The number of rotatable bonds is 6. The van der Waals surface area contributed by atoms with Crippen LogP contribution in [-0.2, 0) is 4.74 Å². The summed E-state index contributed by atoms with van der Waals surface area (Å²) in [5, 5.41) is 3.34. The Kier molecular flexibility index (Phi) is 7.64. The summed E-state index contributed by atoms with van der Waals surface area (Å²) in [6, 6.07) is 9.06. The van der Waals surface area contributed by atoms with Crippen molar-refractivity contribution in [2.24, 2.45) is 0 Å². The number of hydrogen-bond acceptors (Lipinski definition) is 3. The second-order valence-corrected chi connectivity index (χ2v) is 4.75. The molecule has 0 aliphatic carbocycles. The Morgan fingerprint density at radius 1 is 1.28 bits per heavy atom. The van der Waals surface area contributed by atoms with E-state index in [0.29, 0.717) is 12.2 Å². The topological polar surface area (TPSA) is 38.3 Å². The first kappa shape index (κ1) is 16.9. The minimum Gasteiger partial charge on any atom is -0.460 e. The second kappa shape index (κ2) is 8.11. The summed E-state index contributed by atoms with van der Waals surface area (Å²) in [4.78, 5) is 11.7. The first-order valence-corrected chi connectivity index (χ1v) is 6.02. The van der Waals surface area contributed by atoms with E-state index in [4.69, 9.17) is 4.74 Å². The first-order valence-electron chi connectivity index (χ1n) is 6.02. The van der Waals surface area contributed by atoms with Gasteiger partial charge in [-0.25, -0.2) is 4.79 Å². The van der Waals surface area contributed by atoms with E-state index in [2.05, 4.69) is 12.2 Å². The Morgan fingerprint density at radius 2 is 1.89 bits per heavy atom. The molecule has 102 valence electrons. The molecule has 1 aromatic carbocycles. The van der Waals surface area contributed by atoms with Crippen molar-refractivity contribution < 1.29 is 9.53 Å². The van der Waals surface area contributed by atoms with Crippen LogP contribution in [-0.4, -0.2) is 24.7 Å². The maximum atomic E-state index is 11.7. The molecule has 1 rings (SSSR count). The monoisotopic (exact) mass is 271 g/mol. The van der Waals surface area contributed by atoms with Gasteiger partial charge in [0.2, 0.25) is 0 Å². The summed E-state index contributed by atoms with van der Waals surface area (Å²) in [6.07, 6.45) is 1.07. The van der Waals surface area contributed by atoms with Crippen LogP contribution in [0.4, 0.5) is 0 Å². The second-order valence-electron chi connectivity index (χ2n) is 4.75. The third-order valence-electron chi connectivity index (χ3n) is 2.43. The highest BCUT2D eigenvalue weighted by Gasteiger charge is 2.19. The van der Waals surface area contributed by atoms with Crippen LogP contribution in [0.2, 0.25) is 0 Å². The Balaban J connectivity index is 0.00000289. The predicted octanol–water partition coefficient (Wildman–Crippen LogP) is 3.04. The summed E-state index contributed by atoms with van der Waals surface area (Å²) >= 11 is 0. The minimum atomic E-state index is -0.267. The van der Waals surface area contributed by atoms with Crippen LogP contribution in [0, 0.1) is 0 Å². The molecule has 0 aromatic heterocycles. The summed E-state index contributed by atoms with van der Waals surface area (Å²) < 4.78 is 5.29. The number of carbonyl (C=O) groups excluding carboxylic acids is 1. The van der Waals surface area contributed by atoms with Gasteiger partial charge in [-0.1, -0.05) is 25.1 Å². The lowest BCUT2D eigenvalue weighted by molar-refractivity contribution is 0.0401. The van der Waals surface area contributed by atoms with Crippen molar-refractivity contribution in [1.29, 1.82) is 0 Å². The summed E-state index contributed by atoms with van der Waals surface area (Å²) in [5.74, 6) is -0.267. The molecule has 0 unspecified atom stereocenters. The maximum Gasteiger partial charge on any atom is 0.338 e. The fourth-order valence-electron chi connectivity index (χ4n) is 1.42. The molecule has 0 aliphatic rings. The largest absolute Gasteiger partial charge is 0.460 e. The molecule has 0 radical (unpaired) electrons. The molecule has 0 spiro atoms. The van der Waals surface area contributed by atoms with E-state index in [-0.39, 0.29) is 23.9 Å². The molecule has 0 aliphatic heterocycles. The van der Waals surface area contributed by atoms with Crippen LogP contribution in [0.15, 0.2) is 30.3 Å². The van der Waals surface area contributed by atoms with E-state index in [1.165, 1.54) is 0 Å². The third kappa shape index (κ3) is 6.03. The van der Waals surface area contributed by atoms with Gasteiger partial charge in [-0.15, -0.1) is 12.4 Å². The molecule has 1 aromatic rings. The van der Waals surface area contributed by atoms with Crippen LogP contribution in [0.3, 0.4) is 0 Å². The van der Waals surface area contributed by atoms with Crippen molar-refractivity contribution in [2.75, 3.05) is 13.2 Å². The Morgan fingerprint density at radius 3 is 2.44 bits per heavy atom. The smallest absolute Gasteiger partial charge is 0.338 e. The number of halogens is 1. The van der Waals surface area contributed by atoms with E-state index in [1.54, 1.807) is 12.1 Å². The zero-order valence-electron chi connectivity index (χ0n) is 11.2. The van der Waals surface area contributed by atoms with Gasteiger partial charge >= 0.3 is 5.97 Å². The van der Waals surface area contributed by atoms with Crippen LogP contribution < -0.4 is 5.32 Å². The Labute approximate surface area is 115 Å². The van der Waals surface area contributed by atoms with Crippen molar-refractivity contribution in [2.45, 2.75) is 32.7 Å². The highest BCUT2D eigenvalue weighted by molar-refractivity contribution is 5.89. The molecular formula is C14H22ClNO2. The Hall–Kier alpha value is -1.06. The van der Waals surface area contributed by atoms with Crippen molar-refractivity contribution >= 4 is 18.4 Å². The highest BCUT2D eigenvalue weighted by Crippen LogP contribution is 2.06. The average molecular weight is 272 g/mol. The van der Waals surface area contributed by atoms with E-state index in [1.807, 2.05) is 32.0 Å². The van der Waals surface area contributed by atoms with Gasteiger partial charge in [0.25, 0.3) is 0 Å². The van der Waals surface area contributed by atoms with Gasteiger partial charge in [0.1, 0.15) is 6.61 Å². The van der Waals surface area contributed by atoms with Gasteiger partial charge in [0, 0.05) is 5.54 Å².